The summed E-state index contributed by atoms with van der Waals surface area (Å²) in [6, 6.07) is 5.00. The van der Waals surface area contributed by atoms with Gasteiger partial charge in [0.15, 0.2) is 5.82 Å². The van der Waals surface area contributed by atoms with Crippen LogP contribution in [0.15, 0.2) is 18.3 Å². The van der Waals surface area contributed by atoms with Crippen LogP contribution in [0.2, 0.25) is 15.1 Å². The quantitative estimate of drug-likeness (QED) is 0.660. The number of hydrazine groups is 1. The maximum atomic E-state index is 8.91. The van der Waals surface area contributed by atoms with Crippen LogP contribution >= 0.6 is 34.8 Å². The summed E-state index contributed by atoms with van der Waals surface area (Å²) in [5, 5.41) is 13.9. The zero-order valence-electron chi connectivity index (χ0n) is 8.78. The first-order valence-corrected chi connectivity index (χ1v) is 5.81. The van der Waals surface area contributed by atoms with Gasteiger partial charge in [0, 0.05) is 5.02 Å². The molecule has 18 heavy (non-hydrogen) atoms. The minimum atomic E-state index is 0.277. The molecule has 0 unspecified atom stereocenters. The summed E-state index contributed by atoms with van der Waals surface area (Å²) in [4.78, 5) is 0. The van der Waals surface area contributed by atoms with E-state index in [0.29, 0.717) is 26.6 Å². The van der Waals surface area contributed by atoms with Crippen LogP contribution in [0.1, 0.15) is 5.56 Å². The van der Waals surface area contributed by atoms with Gasteiger partial charge in [0.25, 0.3) is 0 Å². The second-order valence-electron chi connectivity index (χ2n) is 3.29. The number of anilines is 1. The molecule has 0 fully saturated rings. The molecular weight excluding hydrogens is 297 g/mol. The number of nitrogens with two attached hydrogens (primary N) is 1. The van der Waals surface area contributed by atoms with E-state index in [-0.39, 0.29) is 5.56 Å². The lowest BCUT2D eigenvalue weighted by atomic mass is 10.3. The Hall–Kier alpha value is -1.45. The van der Waals surface area contributed by atoms with Crippen molar-refractivity contribution in [1.29, 1.82) is 5.26 Å². The van der Waals surface area contributed by atoms with Gasteiger partial charge in [0.2, 0.25) is 0 Å². The number of halogens is 3. The first-order chi connectivity index (χ1) is 8.58. The van der Waals surface area contributed by atoms with Crippen LogP contribution in [0.5, 0.6) is 0 Å². The number of aromatic nitrogens is 2. The predicted molar refractivity (Wildman–Crippen MR) is 71.1 cm³/mol. The Balaban J connectivity index is 2.70. The molecule has 1 aromatic carbocycles. The Morgan fingerprint density at radius 3 is 2.39 bits per heavy atom. The fraction of sp³-hybridized carbons (Fsp3) is 0. The Kier molecular flexibility index (Phi) is 3.64. The number of nitrogens with zero attached hydrogens (tertiary/aromatic N) is 3. The van der Waals surface area contributed by atoms with Gasteiger partial charge in [-0.05, 0) is 12.1 Å². The van der Waals surface area contributed by atoms with Gasteiger partial charge in [-0.2, -0.15) is 10.4 Å². The van der Waals surface area contributed by atoms with Gasteiger partial charge in [-0.3, -0.25) is 0 Å². The summed E-state index contributed by atoms with van der Waals surface area (Å²) >= 11 is 18.0. The third kappa shape index (κ3) is 2.11. The molecule has 2 aromatic rings. The van der Waals surface area contributed by atoms with Crippen molar-refractivity contribution in [3.8, 4) is 11.8 Å². The highest BCUT2D eigenvalue weighted by Gasteiger charge is 2.16. The Bertz CT molecular complexity index is 620. The van der Waals surface area contributed by atoms with Crippen molar-refractivity contribution >= 4 is 40.6 Å². The zero-order chi connectivity index (χ0) is 13.3. The van der Waals surface area contributed by atoms with Crippen molar-refractivity contribution < 1.29 is 0 Å². The van der Waals surface area contributed by atoms with Crippen molar-refractivity contribution in [3.05, 3.63) is 39.0 Å². The Morgan fingerprint density at radius 1 is 1.28 bits per heavy atom. The van der Waals surface area contributed by atoms with Crippen LogP contribution < -0.4 is 11.3 Å². The average molecular weight is 303 g/mol. The summed E-state index contributed by atoms with van der Waals surface area (Å²) in [5.74, 6) is 5.66. The lowest BCUT2D eigenvalue weighted by molar-refractivity contribution is 0.881. The largest absolute Gasteiger partial charge is 0.307 e. The molecule has 3 N–H and O–H groups in total. The minimum absolute atomic E-state index is 0.277. The highest BCUT2D eigenvalue weighted by Crippen LogP contribution is 2.34. The summed E-state index contributed by atoms with van der Waals surface area (Å²) in [7, 11) is 0. The highest BCUT2D eigenvalue weighted by molar-refractivity contribution is 6.40. The smallest absolute Gasteiger partial charge is 0.161 e. The second kappa shape index (κ2) is 5.04. The molecule has 0 aliphatic heterocycles. The number of rotatable bonds is 2. The lowest BCUT2D eigenvalue weighted by Crippen LogP contribution is -2.13. The summed E-state index contributed by atoms with van der Waals surface area (Å²) in [6.07, 6.45) is 1.36. The molecule has 0 atom stereocenters. The van der Waals surface area contributed by atoms with Gasteiger partial charge in [0.1, 0.15) is 17.3 Å². The second-order valence-corrected chi connectivity index (χ2v) is 4.54. The number of hydrogen-bond donors (Lipinski definition) is 2. The Labute approximate surface area is 118 Å². The number of nitrogen functional groups attached to an aromatic ring is 1. The third-order valence-electron chi connectivity index (χ3n) is 2.22. The number of nitrogens with one attached hydrogen (secondary N) is 1. The van der Waals surface area contributed by atoms with E-state index in [0.717, 1.165) is 0 Å². The van der Waals surface area contributed by atoms with E-state index in [9.17, 15) is 0 Å². The van der Waals surface area contributed by atoms with Gasteiger partial charge in [-0.15, -0.1) is 0 Å². The fourth-order valence-corrected chi connectivity index (χ4v) is 2.45. The molecule has 92 valence electrons. The Morgan fingerprint density at radius 2 is 1.89 bits per heavy atom. The maximum absolute atomic E-state index is 8.91. The molecule has 1 heterocycles. The van der Waals surface area contributed by atoms with Crippen molar-refractivity contribution in [3.63, 3.8) is 0 Å². The van der Waals surface area contributed by atoms with Gasteiger partial charge in [0.05, 0.1) is 16.2 Å². The van der Waals surface area contributed by atoms with Crippen LogP contribution in [0.25, 0.3) is 5.69 Å². The predicted octanol–water partition coefficient (Wildman–Crippen LogP) is 2.99. The van der Waals surface area contributed by atoms with Crippen LogP contribution in [0.3, 0.4) is 0 Å². The molecule has 8 heteroatoms. The first-order valence-electron chi connectivity index (χ1n) is 4.68. The van der Waals surface area contributed by atoms with E-state index in [2.05, 4.69) is 10.5 Å². The highest BCUT2D eigenvalue weighted by atomic mass is 35.5. The van der Waals surface area contributed by atoms with E-state index >= 15 is 0 Å². The van der Waals surface area contributed by atoms with E-state index < -0.39 is 0 Å². The number of nitriles is 1. The van der Waals surface area contributed by atoms with E-state index in [4.69, 9.17) is 45.9 Å². The molecular formula is C10H6Cl3N5. The molecule has 0 aliphatic rings. The summed E-state index contributed by atoms with van der Waals surface area (Å²) in [6.45, 7) is 0. The normalized spacial score (nSPS) is 10.2. The topological polar surface area (TPSA) is 79.7 Å². The molecule has 1 aromatic heterocycles. The molecule has 0 bridgehead atoms. The van der Waals surface area contributed by atoms with Crippen LogP contribution in [0, 0.1) is 11.3 Å². The van der Waals surface area contributed by atoms with Gasteiger partial charge >= 0.3 is 0 Å². The van der Waals surface area contributed by atoms with Crippen molar-refractivity contribution in [2.75, 3.05) is 5.43 Å². The average Bonchev–Trinajstić information content (AvgIpc) is 2.70. The van der Waals surface area contributed by atoms with Crippen molar-refractivity contribution in [1.82, 2.24) is 9.78 Å². The summed E-state index contributed by atoms with van der Waals surface area (Å²) in [5.41, 5.74) is 3.07. The number of benzene rings is 1. The molecule has 0 radical (unpaired) electrons. The monoisotopic (exact) mass is 301 g/mol. The molecule has 0 spiro atoms. The fourth-order valence-electron chi connectivity index (χ4n) is 1.48. The van der Waals surface area contributed by atoms with Crippen molar-refractivity contribution in [2.24, 2.45) is 5.84 Å². The van der Waals surface area contributed by atoms with Gasteiger partial charge < -0.3 is 5.43 Å². The van der Waals surface area contributed by atoms with Crippen molar-refractivity contribution in [2.45, 2.75) is 0 Å². The molecule has 5 nitrogen and oxygen atoms in total. The zero-order valence-corrected chi connectivity index (χ0v) is 11.1. The summed E-state index contributed by atoms with van der Waals surface area (Å²) < 4.78 is 1.35. The van der Waals surface area contributed by atoms with Crippen LogP contribution in [-0.2, 0) is 0 Å². The van der Waals surface area contributed by atoms with Crippen LogP contribution in [0.4, 0.5) is 5.82 Å². The van der Waals surface area contributed by atoms with Gasteiger partial charge in [-0.25, -0.2) is 10.5 Å². The molecule has 0 saturated carbocycles. The third-order valence-corrected chi connectivity index (χ3v) is 3.01. The molecule has 0 aliphatic carbocycles. The minimum Gasteiger partial charge on any atom is -0.307 e. The van der Waals surface area contributed by atoms with E-state index in [1.807, 2.05) is 6.07 Å². The molecule has 0 saturated heterocycles. The lowest BCUT2D eigenvalue weighted by Gasteiger charge is -2.11. The molecule has 2 rings (SSSR count). The molecule has 0 amide bonds. The van der Waals surface area contributed by atoms with E-state index in [1.54, 1.807) is 0 Å². The van der Waals surface area contributed by atoms with E-state index in [1.165, 1.54) is 23.0 Å². The maximum Gasteiger partial charge on any atom is 0.161 e. The SMILES string of the molecule is N#Cc1cnn(-c2c(Cl)cc(Cl)cc2Cl)c1NN. The number of hydrogen-bond acceptors (Lipinski definition) is 4. The van der Waals surface area contributed by atoms with Crippen LogP contribution in [-0.4, -0.2) is 9.78 Å². The van der Waals surface area contributed by atoms with Gasteiger partial charge in [-0.1, -0.05) is 34.8 Å². The first kappa shape index (κ1) is 13.0. The standard InChI is InChI=1S/C10H6Cl3N5/c11-6-1-7(12)9(8(13)2-6)18-10(17-15)5(3-14)4-16-18/h1-2,4,17H,15H2.